The van der Waals surface area contributed by atoms with Crippen molar-refractivity contribution in [3.63, 3.8) is 0 Å². The summed E-state index contributed by atoms with van der Waals surface area (Å²) >= 11 is 6.37. The molecule has 0 aliphatic carbocycles. The Bertz CT molecular complexity index is 599. The molecule has 0 saturated heterocycles. The molecule has 3 rings (SSSR count). The lowest BCUT2D eigenvalue weighted by molar-refractivity contribution is 0.248. The van der Waals surface area contributed by atoms with E-state index in [9.17, 15) is 0 Å². The lowest BCUT2D eigenvalue weighted by Gasteiger charge is -2.33. The van der Waals surface area contributed by atoms with Crippen molar-refractivity contribution < 1.29 is 4.74 Å². The van der Waals surface area contributed by atoms with Gasteiger partial charge >= 0.3 is 0 Å². The summed E-state index contributed by atoms with van der Waals surface area (Å²) in [5.74, 6) is 1.38. The second kappa shape index (κ2) is 5.86. The maximum Gasteiger partial charge on any atom is 0.122 e. The van der Waals surface area contributed by atoms with Crippen molar-refractivity contribution >= 4 is 11.6 Å². The molecule has 2 unspecified atom stereocenters. The number of halogens is 1. The predicted molar refractivity (Wildman–Crippen MR) is 82.5 cm³/mol. The van der Waals surface area contributed by atoms with Crippen LogP contribution in [0.15, 0.2) is 48.5 Å². The molecular weight excluding hydrogens is 270 g/mol. The molecule has 2 nitrogen and oxygen atoms in total. The number of benzene rings is 2. The van der Waals surface area contributed by atoms with Gasteiger partial charge in [-0.2, -0.15) is 0 Å². The topological polar surface area (TPSA) is 21.3 Å². The van der Waals surface area contributed by atoms with Crippen molar-refractivity contribution in [3.8, 4) is 5.75 Å². The van der Waals surface area contributed by atoms with Crippen LogP contribution in [-0.4, -0.2) is 13.7 Å². The highest BCUT2D eigenvalue weighted by Gasteiger charge is 2.29. The van der Waals surface area contributed by atoms with Crippen LogP contribution in [0.3, 0.4) is 0 Å². The van der Waals surface area contributed by atoms with Gasteiger partial charge in [0.1, 0.15) is 5.75 Å². The second-order valence-corrected chi connectivity index (χ2v) is 5.48. The fourth-order valence-electron chi connectivity index (χ4n) is 3.02. The summed E-state index contributed by atoms with van der Waals surface area (Å²) in [6.45, 7) is 0.754. The van der Waals surface area contributed by atoms with Gasteiger partial charge in [-0.1, -0.05) is 48.0 Å². The molecular formula is C17H18ClNO. The summed E-state index contributed by atoms with van der Waals surface area (Å²) < 4.78 is 5.75. The van der Waals surface area contributed by atoms with Crippen LogP contribution in [0.25, 0.3) is 0 Å². The van der Waals surface area contributed by atoms with Gasteiger partial charge in [-0.3, -0.25) is 0 Å². The highest BCUT2D eigenvalue weighted by atomic mass is 35.5. The SMILES string of the molecule is CNC(c1ccccc1Cl)C1CCOc2ccccc21. The van der Waals surface area contributed by atoms with Crippen LogP contribution in [-0.2, 0) is 0 Å². The number of hydrogen-bond donors (Lipinski definition) is 1. The molecule has 2 aromatic rings. The normalized spacial score (nSPS) is 19.0. The largest absolute Gasteiger partial charge is 0.493 e. The minimum atomic E-state index is 0.203. The van der Waals surface area contributed by atoms with E-state index in [2.05, 4.69) is 23.5 Å². The fourth-order valence-corrected chi connectivity index (χ4v) is 3.27. The third kappa shape index (κ3) is 2.41. The van der Waals surface area contributed by atoms with Crippen molar-refractivity contribution in [2.24, 2.45) is 0 Å². The highest BCUT2D eigenvalue weighted by molar-refractivity contribution is 6.31. The average molecular weight is 288 g/mol. The van der Waals surface area contributed by atoms with E-state index in [1.54, 1.807) is 0 Å². The van der Waals surface area contributed by atoms with Crippen molar-refractivity contribution in [2.45, 2.75) is 18.4 Å². The van der Waals surface area contributed by atoms with E-state index in [0.717, 1.165) is 29.4 Å². The van der Waals surface area contributed by atoms with Crippen LogP contribution >= 0.6 is 11.6 Å². The molecule has 0 fully saturated rings. The summed E-state index contributed by atoms with van der Waals surface area (Å²) in [5, 5.41) is 4.25. The molecule has 0 bridgehead atoms. The second-order valence-electron chi connectivity index (χ2n) is 5.07. The standard InChI is InChI=1S/C17H18ClNO/c1-19-17(14-7-2-4-8-15(14)18)13-10-11-20-16-9-5-3-6-12(13)16/h2-9,13,17,19H,10-11H2,1H3. The summed E-state index contributed by atoms with van der Waals surface area (Å²) in [6, 6.07) is 16.5. The summed E-state index contributed by atoms with van der Waals surface area (Å²) in [6.07, 6.45) is 0.994. The molecule has 1 N–H and O–H groups in total. The Kier molecular flexibility index (Phi) is 3.95. The van der Waals surface area contributed by atoms with Crippen LogP contribution in [0, 0.1) is 0 Å². The predicted octanol–water partition coefficient (Wildman–Crippen LogP) is 4.17. The van der Waals surface area contributed by atoms with E-state index in [4.69, 9.17) is 16.3 Å². The number of likely N-dealkylation sites (N-methyl/N-ethyl adjacent to an activating group) is 1. The molecule has 0 spiro atoms. The minimum Gasteiger partial charge on any atom is -0.493 e. The molecule has 0 aromatic heterocycles. The van der Waals surface area contributed by atoms with Gasteiger partial charge in [-0.05, 0) is 36.7 Å². The number of para-hydroxylation sites is 1. The van der Waals surface area contributed by atoms with Crippen LogP contribution in [0.5, 0.6) is 5.75 Å². The zero-order valence-electron chi connectivity index (χ0n) is 11.5. The Morgan fingerprint density at radius 2 is 1.90 bits per heavy atom. The monoisotopic (exact) mass is 287 g/mol. The van der Waals surface area contributed by atoms with Gasteiger partial charge in [0.25, 0.3) is 0 Å². The zero-order valence-corrected chi connectivity index (χ0v) is 12.2. The van der Waals surface area contributed by atoms with E-state index in [1.807, 2.05) is 37.4 Å². The van der Waals surface area contributed by atoms with Gasteiger partial charge in [0.15, 0.2) is 0 Å². The fraction of sp³-hybridized carbons (Fsp3) is 0.294. The van der Waals surface area contributed by atoms with E-state index in [-0.39, 0.29) is 6.04 Å². The quantitative estimate of drug-likeness (QED) is 0.915. The lowest BCUT2D eigenvalue weighted by atomic mass is 9.83. The molecule has 1 aliphatic heterocycles. The third-order valence-electron chi connectivity index (χ3n) is 3.96. The number of rotatable bonds is 3. The zero-order chi connectivity index (χ0) is 13.9. The minimum absolute atomic E-state index is 0.203. The van der Waals surface area contributed by atoms with Crippen molar-refractivity contribution in [3.05, 3.63) is 64.7 Å². The third-order valence-corrected chi connectivity index (χ3v) is 4.30. The van der Waals surface area contributed by atoms with Gasteiger partial charge in [0.2, 0.25) is 0 Å². The first-order valence-electron chi connectivity index (χ1n) is 6.94. The number of fused-ring (bicyclic) bond motifs is 1. The molecule has 1 aliphatic rings. The number of nitrogens with one attached hydrogen (secondary N) is 1. The molecule has 104 valence electrons. The Morgan fingerprint density at radius 1 is 1.15 bits per heavy atom. The van der Waals surface area contributed by atoms with Crippen LogP contribution in [0.2, 0.25) is 5.02 Å². The van der Waals surface area contributed by atoms with E-state index in [0.29, 0.717) is 5.92 Å². The Labute approximate surface area is 124 Å². The Hall–Kier alpha value is -1.51. The first-order valence-corrected chi connectivity index (χ1v) is 7.32. The van der Waals surface area contributed by atoms with Gasteiger partial charge in [0, 0.05) is 17.0 Å². The lowest BCUT2D eigenvalue weighted by Crippen LogP contribution is -2.28. The van der Waals surface area contributed by atoms with Gasteiger partial charge in [-0.15, -0.1) is 0 Å². The van der Waals surface area contributed by atoms with Crippen LogP contribution < -0.4 is 10.1 Å². The molecule has 0 amide bonds. The molecule has 0 radical (unpaired) electrons. The van der Waals surface area contributed by atoms with Gasteiger partial charge in [0.05, 0.1) is 6.61 Å². The molecule has 20 heavy (non-hydrogen) atoms. The molecule has 3 heteroatoms. The average Bonchev–Trinajstić information content (AvgIpc) is 2.50. The first kappa shape index (κ1) is 13.5. The number of ether oxygens (including phenoxy) is 1. The van der Waals surface area contributed by atoms with E-state index in [1.165, 1.54) is 5.56 Å². The van der Waals surface area contributed by atoms with Gasteiger partial charge < -0.3 is 10.1 Å². The molecule has 2 atom stereocenters. The maximum absolute atomic E-state index is 6.37. The summed E-state index contributed by atoms with van der Waals surface area (Å²) in [5.41, 5.74) is 2.41. The van der Waals surface area contributed by atoms with Crippen LogP contribution in [0.4, 0.5) is 0 Å². The number of hydrogen-bond acceptors (Lipinski definition) is 2. The molecule has 0 saturated carbocycles. The Balaban J connectivity index is 2.01. The molecule has 1 heterocycles. The Morgan fingerprint density at radius 3 is 2.70 bits per heavy atom. The first-order chi connectivity index (χ1) is 9.81. The van der Waals surface area contributed by atoms with Crippen LogP contribution in [0.1, 0.15) is 29.5 Å². The summed E-state index contributed by atoms with van der Waals surface area (Å²) in [4.78, 5) is 0. The summed E-state index contributed by atoms with van der Waals surface area (Å²) in [7, 11) is 1.99. The van der Waals surface area contributed by atoms with Crippen molar-refractivity contribution in [1.29, 1.82) is 0 Å². The van der Waals surface area contributed by atoms with Crippen molar-refractivity contribution in [2.75, 3.05) is 13.7 Å². The maximum atomic E-state index is 6.37. The van der Waals surface area contributed by atoms with E-state index >= 15 is 0 Å². The van der Waals surface area contributed by atoms with Gasteiger partial charge in [-0.25, -0.2) is 0 Å². The smallest absolute Gasteiger partial charge is 0.122 e. The molecule has 2 aromatic carbocycles. The van der Waals surface area contributed by atoms with E-state index < -0.39 is 0 Å². The van der Waals surface area contributed by atoms with Crippen molar-refractivity contribution in [1.82, 2.24) is 5.32 Å². The highest BCUT2D eigenvalue weighted by Crippen LogP contribution is 2.42.